The van der Waals surface area contributed by atoms with Crippen molar-refractivity contribution in [3.05, 3.63) is 164 Å². The summed E-state index contributed by atoms with van der Waals surface area (Å²) >= 11 is 1.88. The molecule has 0 atom stereocenters. The maximum atomic E-state index is 2.48. The Hall–Kier alpha value is -5.96. The Morgan fingerprint density at radius 1 is 0.354 bits per heavy atom. The van der Waals surface area contributed by atoms with E-state index < -0.39 is 0 Å². The topological polar surface area (TPSA) is 3.24 Å². The lowest BCUT2D eigenvalue weighted by Gasteiger charge is -2.28. The maximum absolute atomic E-state index is 2.48. The summed E-state index contributed by atoms with van der Waals surface area (Å²) in [5.41, 5.74) is 16.6. The molecule has 0 radical (unpaired) electrons. The molecule has 1 heterocycles. The predicted octanol–water partition coefficient (Wildman–Crippen LogP) is 13.6. The fraction of sp³-hybridized carbons (Fsp3) is 0. The molecular weight excluding hydrogens is 599 g/mol. The minimum atomic E-state index is 1.15. The summed E-state index contributed by atoms with van der Waals surface area (Å²) in [6, 6.07) is 60.9. The van der Waals surface area contributed by atoms with Gasteiger partial charge in [0.2, 0.25) is 0 Å². The van der Waals surface area contributed by atoms with Crippen LogP contribution in [0.2, 0.25) is 0 Å². The Labute approximate surface area is 282 Å². The van der Waals surface area contributed by atoms with Crippen LogP contribution in [0.5, 0.6) is 0 Å². The van der Waals surface area contributed by atoms with E-state index in [1.165, 1.54) is 92.3 Å². The first-order valence-electron chi connectivity index (χ1n) is 16.5. The highest BCUT2D eigenvalue weighted by Gasteiger charge is 2.31. The number of hydrogen-bond donors (Lipinski definition) is 0. The lowest BCUT2D eigenvalue weighted by Crippen LogP contribution is -2.10. The van der Waals surface area contributed by atoms with Gasteiger partial charge in [-0.15, -0.1) is 11.3 Å². The SMILES string of the molecule is c1ccc2c(c1)-c1cccc3c1-c1cc(N(c4ccc5ccccc5c4)c4cccc5c4sc4ccccc45)ccc1-c1cccc-3c1-2. The van der Waals surface area contributed by atoms with E-state index in [1.54, 1.807) is 0 Å². The average Bonchev–Trinajstić information content (AvgIpc) is 3.48. The first-order chi connectivity index (χ1) is 23.8. The third-order valence-electron chi connectivity index (χ3n) is 10.3. The van der Waals surface area contributed by atoms with Gasteiger partial charge in [-0.1, -0.05) is 127 Å². The van der Waals surface area contributed by atoms with Crippen LogP contribution in [0.1, 0.15) is 0 Å². The Bertz CT molecular complexity index is 2780. The van der Waals surface area contributed by atoms with Crippen molar-refractivity contribution >= 4 is 59.3 Å². The van der Waals surface area contributed by atoms with E-state index in [1.807, 2.05) is 11.3 Å². The summed E-state index contributed by atoms with van der Waals surface area (Å²) in [5, 5.41) is 5.09. The number of nitrogens with zero attached hydrogens (tertiary/aromatic N) is 1. The first kappa shape index (κ1) is 26.1. The van der Waals surface area contributed by atoms with Gasteiger partial charge in [0.1, 0.15) is 0 Å². The van der Waals surface area contributed by atoms with E-state index in [4.69, 9.17) is 0 Å². The van der Waals surface area contributed by atoms with Crippen LogP contribution in [-0.4, -0.2) is 0 Å². The molecule has 2 heteroatoms. The van der Waals surface area contributed by atoms with Crippen LogP contribution in [-0.2, 0) is 0 Å². The lowest BCUT2D eigenvalue weighted by atomic mass is 9.83. The molecule has 11 rings (SSSR count). The molecule has 2 aliphatic rings. The number of benzene rings is 8. The Kier molecular flexibility index (Phi) is 5.32. The summed E-state index contributed by atoms with van der Waals surface area (Å²) in [7, 11) is 0. The molecule has 8 aromatic carbocycles. The molecule has 0 amide bonds. The van der Waals surface area contributed by atoms with E-state index in [-0.39, 0.29) is 0 Å². The van der Waals surface area contributed by atoms with Crippen molar-refractivity contribution in [2.24, 2.45) is 0 Å². The van der Waals surface area contributed by atoms with Gasteiger partial charge >= 0.3 is 0 Å². The van der Waals surface area contributed by atoms with Crippen LogP contribution in [0.15, 0.2) is 164 Å². The molecule has 222 valence electrons. The molecule has 48 heavy (non-hydrogen) atoms. The van der Waals surface area contributed by atoms with E-state index >= 15 is 0 Å². The van der Waals surface area contributed by atoms with Crippen molar-refractivity contribution < 1.29 is 0 Å². The molecule has 0 N–H and O–H groups in total. The summed E-state index contributed by atoms with van der Waals surface area (Å²) in [6.07, 6.45) is 0. The highest BCUT2D eigenvalue weighted by Crippen LogP contribution is 2.58. The third kappa shape index (κ3) is 3.55. The van der Waals surface area contributed by atoms with E-state index in [0.717, 1.165) is 11.4 Å². The van der Waals surface area contributed by atoms with E-state index in [9.17, 15) is 0 Å². The van der Waals surface area contributed by atoms with Crippen LogP contribution in [0.25, 0.3) is 86.6 Å². The number of anilines is 3. The molecule has 2 aliphatic carbocycles. The van der Waals surface area contributed by atoms with Crippen LogP contribution in [0.4, 0.5) is 17.1 Å². The van der Waals surface area contributed by atoms with Gasteiger partial charge in [-0.25, -0.2) is 0 Å². The summed E-state index contributed by atoms with van der Waals surface area (Å²) < 4.78 is 2.61. The van der Waals surface area contributed by atoms with Gasteiger partial charge in [0.15, 0.2) is 0 Å². The van der Waals surface area contributed by atoms with Crippen molar-refractivity contribution in [1.82, 2.24) is 0 Å². The molecule has 1 aromatic heterocycles. The zero-order valence-corrected chi connectivity index (χ0v) is 26.8. The highest BCUT2D eigenvalue weighted by atomic mass is 32.1. The molecule has 0 spiro atoms. The van der Waals surface area contributed by atoms with Crippen LogP contribution in [0, 0.1) is 0 Å². The molecule has 0 unspecified atom stereocenters. The fourth-order valence-electron chi connectivity index (χ4n) is 8.28. The highest BCUT2D eigenvalue weighted by molar-refractivity contribution is 7.26. The maximum Gasteiger partial charge on any atom is 0.0640 e. The van der Waals surface area contributed by atoms with Crippen molar-refractivity contribution in [2.75, 3.05) is 4.90 Å². The molecule has 0 fully saturated rings. The van der Waals surface area contributed by atoms with Gasteiger partial charge in [-0.05, 0) is 103 Å². The average molecular weight is 626 g/mol. The number of thiophene rings is 1. The second-order valence-electron chi connectivity index (χ2n) is 12.9. The van der Waals surface area contributed by atoms with Crippen LogP contribution < -0.4 is 4.90 Å². The third-order valence-corrected chi connectivity index (χ3v) is 11.6. The standard InChI is InChI=1S/C46H27NS/c1-2-11-29-26-30(23-22-28(29)10-1)47(42-20-9-19-40-34-13-5-6-21-43(34)48-46(40)42)31-24-25-33-37-16-8-17-38-39-18-7-15-36(45(39)41(33)27-31)32-12-3-4-14-35(32)44(37)38/h1-27H. The van der Waals surface area contributed by atoms with Crippen molar-refractivity contribution in [3.8, 4) is 55.6 Å². The lowest BCUT2D eigenvalue weighted by molar-refractivity contribution is 1.31. The van der Waals surface area contributed by atoms with Gasteiger partial charge in [-0.2, -0.15) is 0 Å². The largest absolute Gasteiger partial charge is 0.309 e. The van der Waals surface area contributed by atoms with Crippen molar-refractivity contribution in [3.63, 3.8) is 0 Å². The van der Waals surface area contributed by atoms with Gasteiger partial charge in [-0.3, -0.25) is 0 Å². The summed E-state index contributed by atoms with van der Waals surface area (Å²) in [5.74, 6) is 0. The van der Waals surface area contributed by atoms with E-state index in [2.05, 4.69) is 169 Å². The minimum absolute atomic E-state index is 1.15. The Morgan fingerprint density at radius 3 is 1.75 bits per heavy atom. The quantitative estimate of drug-likeness (QED) is 0.189. The van der Waals surface area contributed by atoms with Crippen LogP contribution in [0.3, 0.4) is 0 Å². The molecule has 0 saturated carbocycles. The first-order valence-corrected chi connectivity index (χ1v) is 17.3. The molecule has 0 aliphatic heterocycles. The molecule has 9 aromatic rings. The minimum Gasteiger partial charge on any atom is -0.309 e. The van der Waals surface area contributed by atoms with Crippen molar-refractivity contribution in [2.45, 2.75) is 0 Å². The van der Waals surface area contributed by atoms with Gasteiger partial charge in [0.25, 0.3) is 0 Å². The normalized spacial score (nSPS) is 12.2. The zero-order chi connectivity index (χ0) is 31.3. The number of hydrogen-bond acceptors (Lipinski definition) is 2. The van der Waals surface area contributed by atoms with Gasteiger partial charge < -0.3 is 4.90 Å². The van der Waals surface area contributed by atoms with E-state index in [0.29, 0.717) is 0 Å². The second-order valence-corrected chi connectivity index (χ2v) is 13.9. The Balaban J connectivity index is 1.23. The van der Waals surface area contributed by atoms with Gasteiger partial charge in [0.05, 0.1) is 10.4 Å². The number of fused-ring (bicyclic) bond motifs is 8. The number of rotatable bonds is 3. The van der Waals surface area contributed by atoms with Crippen molar-refractivity contribution in [1.29, 1.82) is 0 Å². The predicted molar refractivity (Wildman–Crippen MR) is 206 cm³/mol. The molecule has 0 saturated heterocycles. The smallest absolute Gasteiger partial charge is 0.0640 e. The molecule has 1 nitrogen and oxygen atoms in total. The summed E-state index contributed by atoms with van der Waals surface area (Å²) in [6.45, 7) is 0. The fourth-order valence-corrected chi connectivity index (χ4v) is 9.49. The molecule has 6 bridgehead atoms. The molecular formula is C46H27NS. The summed E-state index contributed by atoms with van der Waals surface area (Å²) in [4.78, 5) is 2.48. The van der Waals surface area contributed by atoms with Gasteiger partial charge in [0, 0.05) is 26.8 Å². The Morgan fingerprint density at radius 2 is 0.917 bits per heavy atom. The monoisotopic (exact) mass is 625 g/mol. The van der Waals surface area contributed by atoms with Crippen LogP contribution >= 0.6 is 11.3 Å². The zero-order valence-electron chi connectivity index (χ0n) is 25.9. The second kappa shape index (κ2) is 9.78.